The van der Waals surface area contributed by atoms with Gasteiger partial charge in [-0.05, 0) is 68.8 Å². The van der Waals surface area contributed by atoms with E-state index in [0.29, 0.717) is 48.0 Å². The van der Waals surface area contributed by atoms with Gasteiger partial charge in [0.2, 0.25) is 0 Å². The number of fused-ring (bicyclic) bond motifs is 2. The molecule has 2 aliphatic rings. The first kappa shape index (κ1) is 20.6. The molecule has 1 fully saturated rings. The van der Waals surface area contributed by atoms with E-state index in [0.717, 1.165) is 36.9 Å². The molecule has 166 valence electrons. The van der Waals surface area contributed by atoms with Gasteiger partial charge < -0.3 is 19.0 Å². The van der Waals surface area contributed by atoms with Crippen molar-refractivity contribution in [2.24, 2.45) is 5.92 Å². The van der Waals surface area contributed by atoms with Gasteiger partial charge in [-0.3, -0.25) is 9.69 Å². The van der Waals surface area contributed by atoms with Gasteiger partial charge in [0.25, 0.3) is 0 Å². The average Bonchev–Trinajstić information content (AvgIpc) is 2.81. The molecule has 0 radical (unpaired) electrons. The molecule has 0 unspecified atom stereocenters. The lowest BCUT2D eigenvalue weighted by atomic mass is 9.88. The maximum Gasteiger partial charge on any atom is 0.336 e. The normalized spacial score (nSPS) is 16.9. The second-order valence-corrected chi connectivity index (χ2v) is 8.45. The third-order valence-electron chi connectivity index (χ3n) is 6.40. The number of carbonyl (C=O) groups is 1. The molecule has 0 saturated carbocycles. The van der Waals surface area contributed by atoms with Crippen LogP contribution in [0.2, 0.25) is 0 Å². The topological polar surface area (TPSA) is 89.2 Å². The molecule has 1 N–H and O–H groups in total. The maximum atomic E-state index is 13.0. The van der Waals surface area contributed by atoms with E-state index in [9.17, 15) is 14.7 Å². The van der Waals surface area contributed by atoms with Crippen molar-refractivity contribution < 1.29 is 23.8 Å². The van der Waals surface area contributed by atoms with Crippen LogP contribution in [-0.4, -0.2) is 42.1 Å². The summed E-state index contributed by atoms with van der Waals surface area (Å²) >= 11 is 0. The number of aryl methyl sites for hydroxylation is 1. The summed E-state index contributed by atoms with van der Waals surface area (Å²) in [4.78, 5) is 27.4. The lowest BCUT2D eigenvalue weighted by Crippen LogP contribution is -2.36. The summed E-state index contributed by atoms with van der Waals surface area (Å²) in [6, 6.07) is 10.3. The van der Waals surface area contributed by atoms with Crippen molar-refractivity contribution >= 4 is 16.8 Å². The third kappa shape index (κ3) is 3.84. The van der Waals surface area contributed by atoms with E-state index in [1.165, 1.54) is 6.07 Å². The zero-order chi connectivity index (χ0) is 22.2. The Labute approximate surface area is 185 Å². The molecular formula is C25H25NO6. The van der Waals surface area contributed by atoms with Gasteiger partial charge in [-0.2, -0.15) is 0 Å². The number of nitrogens with zero attached hydrogens (tertiary/aromatic N) is 1. The lowest BCUT2D eigenvalue weighted by molar-refractivity contribution is 0.0834. The highest BCUT2D eigenvalue weighted by molar-refractivity contribution is 5.98. The molecular weight excluding hydrogens is 410 g/mol. The highest BCUT2D eigenvalue weighted by atomic mass is 16.6. The van der Waals surface area contributed by atoms with Gasteiger partial charge in [-0.15, -0.1) is 0 Å². The average molecular weight is 435 g/mol. The molecule has 0 aliphatic carbocycles. The number of carbonyl (C=O) groups excluding carboxylic acids is 1. The molecule has 2 aliphatic heterocycles. The second-order valence-electron chi connectivity index (χ2n) is 8.45. The van der Waals surface area contributed by atoms with Crippen LogP contribution in [0.15, 0.2) is 45.6 Å². The fourth-order valence-corrected chi connectivity index (χ4v) is 4.57. The Hall–Kier alpha value is -3.32. The third-order valence-corrected chi connectivity index (χ3v) is 6.40. The quantitative estimate of drug-likeness (QED) is 0.494. The largest absolute Gasteiger partial charge is 0.508 e. The van der Waals surface area contributed by atoms with Gasteiger partial charge in [0.15, 0.2) is 17.3 Å². The van der Waals surface area contributed by atoms with Crippen LogP contribution in [0.3, 0.4) is 0 Å². The van der Waals surface area contributed by atoms with Crippen molar-refractivity contribution in [1.29, 1.82) is 0 Å². The SMILES string of the molecule is Cc1c(O)ccc2c(CN3CCC(C(=O)c4ccc5c(c4)OCCO5)CC3)cc(=O)oc12. The lowest BCUT2D eigenvalue weighted by Gasteiger charge is -2.31. The Morgan fingerprint density at radius 2 is 1.81 bits per heavy atom. The van der Waals surface area contributed by atoms with E-state index < -0.39 is 5.63 Å². The number of phenolic OH excluding ortho intramolecular Hbond substituents is 1. The summed E-state index contributed by atoms with van der Waals surface area (Å²) < 4.78 is 16.5. The molecule has 0 spiro atoms. The predicted molar refractivity (Wildman–Crippen MR) is 119 cm³/mol. The van der Waals surface area contributed by atoms with E-state index in [-0.39, 0.29) is 17.5 Å². The van der Waals surface area contributed by atoms with Gasteiger partial charge in [-0.1, -0.05) is 0 Å². The molecule has 7 heteroatoms. The van der Waals surface area contributed by atoms with Crippen LogP contribution in [0.5, 0.6) is 17.2 Å². The van der Waals surface area contributed by atoms with E-state index in [1.54, 1.807) is 25.1 Å². The minimum atomic E-state index is -0.426. The van der Waals surface area contributed by atoms with Crippen molar-refractivity contribution in [3.63, 3.8) is 0 Å². The van der Waals surface area contributed by atoms with Crippen molar-refractivity contribution in [2.45, 2.75) is 26.3 Å². The molecule has 32 heavy (non-hydrogen) atoms. The van der Waals surface area contributed by atoms with Gasteiger partial charge in [0.1, 0.15) is 24.5 Å². The number of aromatic hydroxyl groups is 1. The summed E-state index contributed by atoms with van der Waals surface area (Å²) in [6.07, 6.45) is 1.51. The monoisotopic (exact) mass is 435 g/mol. The molecule has 0 bridgehead atoms. The summed E-state index contributed by atoms with van der Waals surface area (Å²) in [5.74, 6) is 1.53. The Morgan fingerprint density at radius 3 is 2.59 bits per heavy atom. The maximum absolute atomic E-state index is 13.0. The molecule has 0 amide bonds. The predicted octanol–water partition coefficient (Wildman–Crippen LogP) is 3.67. The number of ketones is 1. The first-order valence-electron chi connectivity index (χ1n) is 10.9. The molecule has 2 aromatic carbocycles. The number of likely N-dealkylation sites (tertiary alicyclic amines) is 1. The van der Waals surface area contributed by atoms with Gasteiger partial charge in [-0.25, -0.2) is 4.79 Å². The van der Waals surface area contributed by atoms with Gasteiger partial charge in [0, 0.05) is 35.0 Å². The van der Waals surface area contributed by atoms with Crippen LogP contribution in [0.4, 0.5) is 0 Å². The zero-order valence-corrected chi connectivity index (χ0v) is 17.9. The summed E-state index contributed by atoms with van der Waals surface area (Å²) in [5, 5.41) is 10.8. The number of ether oxygens (including phenoxy) is 2. The van der Waals surface area contributed by atoms with Gasteiger partial charge >= 0.3 is 5.63 Å². The molecule has 3 heterocycles. The van der Waals surface area contributed by atoms with Crippen LogP contribution >= 0.6 is 0 Å². The molecule has 1 saturated heterocycles. The number of hydrogen-bond acceptors (Lipinski definition) is 7. The smallest absolute Gasteiger partial charge is 0.336 e. The Kier molecular flexibility index (Phi) is 5.35. The number of Topliss-reactive ketones (excluding diaryl/α,β-unsaturated/α-hetero) is 1. The number of rotatable bonds is 4. The fraction of sp³-hybridized carbons (Fsp3) is 0.360. The molecule has 7 nitrogen and oxygen atoms in total. The zero-order valence-electron chi connectivity index (χ0n) is 17.9. The standard InChI is InChI=1S/C25H25NO6/c1-15-20(27)4-3-19-18(13-23(28)32-25(15)19)14-26-8-6-16(7-9-26)24(29)17-2-5-21-22(12-17)31-11-10-30-21/h2-5,12-13,16,27H,6-11,14H2,1H3. The van der Waals surface area contributed by atoms with Crippen LogP contribution in [0.25, 0.3) is 11.0 Å². The highest BCUT2D eigenvalue weighted by Crippen LogP contribution is 2.33. The van der Waals surface area contributed by atoms with Gasteiger partial charge in [0.05, 0.1) is 0 Å². The Bertz CT molecular complexity index is 1240. The first-order valence-corrected chi connectivity index (χ1v) is 10.9. The fourth-order valence-electron chi connectivity index (χ4n) is 4.57. The van der Waals surface area contributed by atoms with Crippen LogP contribution in [0, 0.1) is 12.8 Å². The molecule has 3 aromatic rings. The minimum absolute atomic E-state index is 0.0365. The number of benzene rings is 2. The van der Waals surface area contributed by atoms with E-state index in [2.05, 4.69) is 4.90 Å². The van der Waals surface area contributed by atoms with Crippen molar-refractivity contribution in [3.8, 4) is 17.2 Å². The summed E-state index contributed by atoms with van der Waals surface area (Å²) in [6.45, 7) is 4.88. The number of hydrogen-bond donors (Lipinski definition) is 1. The number of phenols is 1. The minimum Gasteiger partial charge on any atom is -0.508 e. The Morgan fingerprint density at radius 1 is 1.06 bits per heavy atom. The van der Waals surface area contributed by atoms with Crippen LogP contribution in [-0.2, 0) is 6.54 Å². The van der Waals surface area contributed by atoms with Crippen molar-refractivity contribution in [2.75, 3.05) is 26.3 Å². The van der Waals surface area contributed by atoms with Crippen molar-refractivity contribution in [3.05, 3.63) is 63.5 Å². The Balaban J connectivity index is 1.28. The molecule has 1 aromatic heterocycles. The molecule has 5 rings (SSSR count). The van der Waals surface area contributed by atoms with Crippen LogP contribution in [0.1, 0.15) is 34.3 Å². The molecule has 0 atom stereocenters. The van der Waals surface area contributed by atoms with E-state index in [4.69, 9.17) is 13.9 Å². The van der Waals surface area contributed by atoms with Crippen molar-refractivity contribution in [1.82, 2.24) is 4.90 Å². The van der Waals surface area contributed by atoms with E-state index in [1.807, 2.05) is 12.1 Å². The summed E-state index contributed by atoms with van der Waals surface area (Å²) in [7, 11) is 0. The highest BCUT2D eigenvalue weighted by Gasteiger charge is 2.27. The van der Waals surface area contributed by atoms with Crippen LogP contribution < -0.4 is 15.1 Å². The first-order chi connectivity index (χ1) is 15.5. The number of piperidine rings is 1. The second kappa shape index (κ2) is 8.31. The summed E-state index contributed by atoms with van der Waals surface area (Å²) in [5.41, 5.74) is 2.09. The van der Waals surface area contributed by atoms with E-state index >= 15 is 0 Å².